The molecule has 2 amide bonds. The minimum atomic E-state index is -0.0675. The number of aromatic nitrogens is 1. The Labute approximate surface area is 142 Å². The SMILES string of the molecule is Cc1cccc(C2=CCN(C(=O)NCc3ocnc3C)CC2)c1C. The quantitative estimate of drug-likeness (QED) is 0.938. The first-order valence-corrected chi connectivity index (χ1v) is 8.23. The molecular formula is C19H23N3O2. The predicted molar refractivity (Wildman–Crippen MR) is 93.6 cm³/mol. The van der Waals surface area contributed by atoms with E-state index in [1.165, 1.54) is 28.7 Å². The topological polar surface area (TPSA) is 58.4 Å². The van der Waals surface area contributed by atoms with Crippen LogP contribution in [0.1, 0.15) is 34.6 Å². The molecule has 1 aromatic heterocycles. The maximum Gasteiger partial charge on any atom is 0.318 e. The molecule has 5 nitrogen and oxygen atoms in total. The summed E-state index contributed by atoms with van der Waals surface area (Å²) in [5.74, 6) is 0.701. The molecule has 0 fully saturated rings. The number of hydrogen-bond acceptors (Lipinski definition) is 3. The van der Waals surface area contributed by atoms with Gasteiger partial charge < -0.3 is 14.6 Å². The molecule has 3 rings (SSSR count). The van der Waals surface area contributed by atoms with Crippen LogP contribution in [-0.2, 0) is 6.54 Å². The fourth-order valence-electron chi connectivity index (χ4n) is 2.96. The van der Waals surface area contributed by atoms with Crippen LogP contribution in [0.5, 0.6) is 0 Å². The van der Waals surface area contributed by atoms with Gasteiger partial charge in [-0.05, 0) is 49.5 Å². The average Bonchev–Trinajstić information content (AvgIpc) is 3.00. The number of benzene rings is 1. The normalized spacial score (nSPS) is 14.5. The van der Waals surface area contributed by atoms with Gasteiger partial charge in [-0.2, -0.15) is 0 Å². The number of carbonyl (C=O) groups excluding carboxylic acids is 1. The van der Waals surface area contributed by atoms with E-state index in [4.69, 9.17) is 4.42 Å². The second kappa shape index (κ2) is 6.91. The van der Waals surface area contributed by atoms with E-state index in [0.29, 0.717) is 18.8 Å². The molecule has 0 bridgehead atoms. The van der Waals surface area contributed by atoms with Gasteiger partial charge in [0.2, 0.25) is 0 Å². The van der Waals surface area contributed by atoms with Crippen LogP contribution in [0.3, 0.4) is 0 Å². The van der Waals surface area contributed by atoms with Crippen molar-refractivity contribution in [2.24, 2.45) is 0 Å². The Kier molecular flexibility index (Phi) is 4.69. The number of nitrogens with zero attached hydrogens (tertiary/aromatic N) is 2. The summed E-state index contributed by atoms with van der Waals surface area (Å²) in [5, 5.41) is 2.89. The second-order valence-electron chi connectivity index (χ2n) is 6.19. The summed E-state index contributed by atoms with van der Waals surface area (Å²) >= 11 is 0. The van der Waals surface area contributed by atoms with E-state index < -0.39 is 0 Å². The number of hydrogen-bond donors (Lipinski definition) is 1. The summed E-state index contributed by atoms with van der Waals surface area (Å²) < 4.78 is 5.24. The first kappa shape index (κ1) is 16.3. The van der Waals surface area contributed by atoms with E-state index in [2.05, 4.69) is 48.4 Å². The minimum Gasteiger partial charge on any atom is -0.446 e. The van der Waals surface area contributed by atoms with Crippen LogP contribution in [0.2, 0.25) is 0 Å². The van der Waals surface area contributed by atoms with Crippen LogP contribution in [0.15, 0.2) is 35.1 Å². The Morgan fingerprint density at radius 2 is 2.17 bits per heavy atom. The molecule has 1 aromatic carbocycles. The summed E-state index contributed by atoms with van der Waals surface area (Å²) in [5.41, 5.74) is 6.06. The van der Waals surface area contributed by atoms with E-state index in [9.17, 15) is 4.79 Å². The van der Waals surface area contributed by atoms with E-state index in [1.807, 2.05) is 11.8 Å². The maximum absolute atomic E-state index is 12.3. The molecular weight excluding hydrogens is 302 g/mol. The zero-order valence-corrected chi connectivity index (χ0v) is 14.4. The summed E-state index contributed by atoms with van der Waals surface area (Å²) in [4.78, 5) is 18.1. The number of carbonyl (C=O) groups is 1. The Morgan fingerprint density at radius 3 is 2.83 bits per heavy atom. The molecule has 2 aromatic rings. The molecule has 1 aliphatic rings. The lowest BCUT2D eigenvalue weighted by Crippen LogP contribution is -2.41. The molecule has 0 spiro atoms. The van der Waals surface area contributed by atoms with Crippen molar-refractivity contribution in [1.82, 2.24) is 15.2 Å². The molecule has 0 atom stereocenters. The summed E-state index contributed by atoms with van der Waals surface area (Å²) in [7, 11) is 0. The van der Waals surface area contributed by atoms with E-state index in [0.717, 1.165) is 18.7 Å². The molecule has 1 aliphatic heterocycles. The number of amides is 2. The van der Waals surface area contributed by atoms with Gasteiger partial charge in [0.05, 0.1) is 12.2 Å². The van der Waals surface area contributed by atoms with Gasteiger partial charge >= 0.3 is 6.03 Å². The highest BCUT2D eigenvalue weighted by atomic mass is 16.3. The highest BCUT2D eigenvalue weighted by molar-refractivity contribution is 5.77. The summed E-state index contributed by atoms with van der Waals surface area (Å²) in [6.07, 6.45) is 4.43. The summed E-state index contributed by atoms with van der Waals surface area (Å²) in [6.45, 7) is 7.88. The molecule has 1 N–H and O–H groups in total. The summed E-state index contributed by atoms with van der Waals surface area (Å²) in [6, 6.07) is 6.32. The van der Waals surface area contributed by atoms with Crippen LogP contribution in [0.25, 0.3) is 5.57 Å². The lowest BCUT2D eigenvalue weighted by atomic mass is 9.93. The Balaban J connectivity index is 1.61. The molecule has 2 heterocycles. The van der Waals surface area contributed by atoms with Crippen LogP contribution >= 0.6 is 0 Å². The average molecular weight is 325 g/mol. The highest BCUT2D eigenvalue weighted by Gasteiger charge is 2.19. The van der Waals surface area contributed by atoms with Crippen molar-refractivity contribution in [3.8, 4) is 0 Å². The molecule has 0 saturated carbocycles. The van der Waals surface area contributed by atoms with Gasteiger partial charge in [0.1, 0.15) is 5.76 Å². The van der Waals surface area contributed by atoms with E-state index in [1.54, 1.807) is 0 Å². The van der Waals surface area contributed by atoms with Crippen molar-refractivity contribution in [3.05, 3.63) is 58.8 Å². The second-order valence-corrected chi connectivity index (χ2v) is 6.19. The first-order chi connectivity index (χ1) is 11.6. The van der Waals surface area contributed by atoms with Gasteiger partial charge in [0.25, 0.3) is 0 Å². The highest BCUT2D eigenvalue weighted by Crippen LogP contribution is 2.26. The van der Waals surface area contributed by atoms with Crippen molar-refractivity contribution in [2.45, 2.75) is 33.7 Å². The van der Waals surface area contributed by atoms with Crippen molar-refractivity contribution in [1.29, 1.82) is 0 Å². The molecule has 24 heavy (non-hydrogen) atoms. The van der Waals surface area contributed by atoms with Crippen molar-refractivity contribution in [3.63, 3.8) is 0 Å². The molecule has 126 valence electrons. The van der Waals surface area contributed by atoms with Crippen LogP contribution < -0.4 is 5.32 Å². The third-order valence-electron chi connectivity index (χ3n) is 4.69. The van der Waals surface area contributed by atoms with Crippen LogP contribution in [0, 0.1) is 20.8 Å². The fraction of sp³-hybridized carbons (Fsp3) is 0.368. The van der Waals surface area contributed by atoms with Crippen LogP contribution in [0.4, 0.5) is 4.79 Å². The minimum absolute atomic E-state index is 0.0675. The molecule has 5 heteroatoms. The third-order valence-corrected chi connectivity index (χ3v) is 4.69. The molecule has 0 radical (unpaired) electrons. The smallest absolute Gasteiger partial charge is 0.318 e. The van der Waals surface area contributed by atoms with E-state index in [-0.39, 0.29) is 6.03 Å². The zero-order chi connectivity index (χ0) is 17.1. The lowest BCUT2D eigenvalue weighted by Gasteiger charge is -2.27. The first-order valence-electron chi connectivity index (χ1n) is 8.23. The third kappa shape index (κ3) is 3.35. The van der Waals surface area contributed by atoms with Crippen molar-refractivity contribution in [2.75, 3.05) is 13.1 Å². The van der Waals surface area contributed by atoms with Crippen LogP contribution in [-0.4, -0.2) is 29.0 Å². The van der Waals surface area contributed by atoms with Gasteiger partial charge in [-0.3, -0.25) is 0 Å². The number of rotatable bonds is 3. The maximum atomic E-state index is 12.3. The van der Waals surface area contributed by atoms with Crippen molar-refractivity contribution < 1.29 is 9.21 Å². The lowest BCUT2D eigenvalue weighted by molar-refractivity contribution is 0.201. The van der Waals surface area contributed by atoms with E-state index >= 15 is 0 Å². The fourth-order valence-corrected chi connectivity index (χ4v) is 2.96. The van der Waals surface area contributed by atoms with Gasteiger partial charge in [-0.25, -0.2) is 9.78 Å². The Bertz CT molecular complexity index is 777. The number of aryl methyl sites for hydroxylation is 2. The zero-order valence-electron chi connectivity index (χ0n) is 14.4. The monoisotopic (exact) mass is 325 g/mol. The Hall–Kier alpha value is -2.56. The molecule has 0 unspecified atom stereocenters. The standard InChI is InChI=1S/C19H23N3O2/c1-13-5-4-6-17(14(13)2)16-7-9-22(10-8-16)19(23)20-11-18-15(3)21-12-24-18/h4-7,12H,8-11H2,1-3H3,(H,20,23). The molecule has 0 saturated heterocycles. The van der Waals surface area contributed by atoms with Gasteiger partial charge in [-0.15, -0.1) is 0 Å². The van der Waals surface area contributed by atoms with Gasteiger partial charge in [0, 0.05) is 13.1 Å². The number of urea groups is 1. The largest absolute Gasteiger partial charge is 0.446 e. The Morgan fingerprint density at radius 1 is 1.33 bits per heavy atom. The number of oxazole rings is 1. The van der Waals surface area contributed by atoms with Crippen molar-refractivity contribution >= 4 is 11.6 Å². The van der Waals surface area contributed by atoms with Gasteiger partial charge in [0.15, 0.2) is 6.39 Å². The number of nitrogens with one attached hydrogen (secondary N) is 1. The predicted octanol–water partition coefficient (Wildman–Crippen LogP) is 3.60. The van der Waals surface area contributed by atoms with Gasteiger partial charge in [-0.1, -0.05) is 24.3 Å². The molecule has 0 aliphatic carbocycles.